The molecule has 2 heterocycles. The van der Waals surface area contributed by atoms with Crippen LogP contribution in [0.4, 0.5) is 0 Å². The van der Waals surface area contributed by atoms with E-state index >= 15 is 0 Å². The van der Waals surface area contributed by atoms with E-state index in [0.29, 0.717) is 0 Å². The van der Waals surface area contributed by atoms with E-state index < -0.39 is 0 Å². The smallest absolute Gasteiger partial charge is 0.142 e. The molecule has 0 N–H and O–H groups in total. The van der Waals surface area contributed by atoms with Gasteiger partial charge in [-0.25, -0.2) is 0 Å². The molecule has 43 heavy (non-hydrogen) atoms. The first-order valence-electron chi connectivity index (χ1n) is 14.3. The van der Waals surface area contributed by atoms with Crippen molar-refractivity contribution in [1.82, 2.24) is 0 Å². The number of hydrogen-bond acceptors (Lipinski definition) is 3. The van der Waals surface area contributed by atoms with Crippen LogP contribution in [0, 0.1) is 0 Å². The van der Waals surface area contributed by atoms with E-state index in [2.05, 4.69) is 72.8 Å². The summed E-state index contributed by atoms with van der Waals surface area (Å²) in [4.78, 5) is 0. The molecular formula is C40H26O3. The maximum absolute atomic E-state index is 6.54. The lowest BCUT2D eigenvalue weighted by atomic mass is 10.0. The second-order valence-corrected chi connectivity index (χ2v) is 10.5. The molecule has 0 spiro atoms. The van der Waals surface area contributed by atoms with E-state index in [1.54, 1.807) is 0 Å². The molecule has 0 aliphatic carbocycles. The SMILES string of the molecule is c1ccc(-c2oc(-c3ccccc3)c3cc(Oc4ccc5c(-c6ccccc6)oc(-c6ccccc6)c5c4)ccc23)cc1. The van der Waals surface area contributed by atoms with Crippen molar-refractivity contribution in [1.29, 1.82) is 0 Å². The van der Waals surface area contributed by atoms with Crippen LogP contribution in [0.5, 0.6) is 11.5 Å². The van der Waals surface area contributed by atoms with E-state index in [-0.39, 0.29) is 0 Å². The zero-order chi connectivity index (χ0) is 28.6. The molecule has 3 heteroatoms. The fourth-order valence-electron chi connectivity index (χ4n) is 5.72. The van der Waals surface area contributed by atoms with Gasteiger partial charge < -0.3 is 13.6 Å². The highest BCUT2D eigenvalue weighted by Gasteiger charge is 2.19. The van der Waals surface area contributed by atoms with Crippen molar-refractivity contribution in [2.24, 2.45) is 0 Å². The van der Waals surface area contributed by atoms with Crippen LogP contribution < -0.4 is 4.74 Å². The lowest BCUT2D eigenvalue weighted by Crippen LogP contribution is -1.85. The Kier molecular flexibility index (Phi) is 6.12. The van der Waals surface area contributed by atoms with Gasteiger partial charge in [0.25, 0.3) is 0 Å². The van der Waals surface area contributed by atoms with Crippen molar-refractivity contribution in [2.75, 3.05) is 0 Å². The first kappa shape index (κ1) is 25.0. The summed E-state index contributed by atoms with van der Waals surface area (Å²) in [6.45, 7) is 0. The average Bonchev–Trinajstić information content (AvgIpc) is 3.65. The highest BCUT2D eigenvalue weighted by atomic mass is 16.5. The standard InChI is InChI=1S/C40H26O3/c1-5-13-27(14-6-1)37-33-23-21-31(25-35(33)39(42-37)29-17-9-3-10-18-29)41-32-22-24-34-36(26-32)40(30-19-11-4-12-20-30)43-38(34)28-15-7-2-8-16-28/h1-26H. The van der Waals surface area contributed by atoms with Crippen LogP contribution in [-0.4, -0.2) is 0 Å². The average molecular weight is 555 g/mol. The Labute approximate surface area is 249 Å². The van der Waals surface area contributed by atoms with Crippen molar-refractivity contribution in [3.63, 3.8) is 0 Å². The number of ether oxygens (including phenoxy) is 1. The molecule has 0 aliphatic heterocycles. The fraction of sp³-hybridized carbons (Fsp3) is 0. The summed E-state index contributed by atoms with van der Waals surface area (Å²) in [5.74, 6) is 4.81. The summed E-state index contributed by atoms with van der Waals surface area (Å²) < 4.78 is 19.6. The quantitative estimate of drug-likeness (QED) is 0.205. The zero-order valence-corrected chi connectivity index (χ0v) is 23.2. The number of fused-ring (bicyclic) bond motifs is 2. The van der Waals surface area contributed by atoms with Crippen molar-refractivity contribution in [3.05, 3.63) is 158 Å². The van der Waals surface area contributed by atoms with Gasteiger partial charge in [-0.05, 0) is 36.4 Å². The Balaban J connectivity index is 1.24. The third kappa shape index (κ3) is 4.58. The maximum Gasteiger partial charge on any atom is 0.142 e. The van der Waals surface area contributed by atoms with Crippen molar-refractivity contribution in [3.8, 4) is 56.8 Å². The molecule has 204 valence electrons. The second-order valence-electron chi connectivity index (χ2n) is 10.5. The zero-order valence-electron chi connectivity index (χ0n) is 23.2. The van der Waals surface area contributed by atoms with Gasteiger partial charge in [0.2, 0.25) is 0 Å². The molecule has 0 unspecified atom stereocenters. The molecule has 0 saturated heterocycles. The van der Waals surface area contributed by atoms with Gasteiger partial charge in [-0.1, -0.05) is 121 Å². The van der Waals surface area contributed by atoms with E-state index in [0.717, 1.165) is 78.3 Å². The largest absolute Gasteiger partial charge is 0.457 e. The summed E-state index contributed by atoms with van der Waals surface area (Å²) in [5, 5.41) is 4.09. The van der Waals surface area contributed by atoms with Crippen LogP contribution in [0.15, 0.2) is 167 Å². The van der Waals surface area contributed by atoms with Gasteiger partial charge in [0.1, 0.15) is 34.5 Å². The third-order valence-corrected chi connectivity index (χ3v) is 7.75. The van der Waals surface area contributed by atoms with Crippen molar-refractivity contribution >= 4 is 21.5 Å². The highest BCUT2D eigenvalue weighted by Crippen LogP contribution is 2.43. The molecule has 8 rings (SSSR count). The summed E-state index contributed by atoms with van der Waals surface area (Å²) in [7, 11) is 0. The van der Waals surface area contributed by atoms with Crippen LogP contribution in [-0.2, 0) is 0 Å². The molecule has 8 aromatic rings. The third-order valence-electron chi connectivity index (χ3n) is 7.75. The summed E-state index contributed by atoms with van der Waals surface area (Å²) >= 11 is 0. The predicted octanol–water partition coefficient (Wildman–Crippen LogP) is 11.6. The maximum atomic E-state index is 6.54. The molecule has 0 fully saturated rings. The summed E-state index contributed by atoms with van der Waals surface area (Å²) in [6.07, 6.45) is 0. The number of benzene rings is 6. The first-order chi connectivity index (χ1) is 21.3. The molecule has 0 bridgehead atoms. The van der Waals surface area contributed by atoms with Gasteiger partial charge in [0.05, 0.1) is 0 Å². The Bertz CT molecular complexity index is 2020. The lowest BCUT2D eigenvalue weighted by Gasteiger charge is -2.07. The predicted molar refractivity (Wildman–Crippen MR) is 174 cm³/mol. The normalized spacial score (nSPS) is 11.3. The van der Waals surface area contributed by atoms with Gasteiger partial charge in [-0.2, -0.15) is 0 Å². The van der Waals surface area contributed by atoms with E-state index in [1.165, 1.54) is 0 Å². The first-order valence-corrected chi connectivity index (χ1v) is 14.3. The molecule has 6 aromatic carbocycles. The fourth-order valence-corrected chi connectivity index (χ4v) is 5.72. The van der Waals surface area contributed by atoms with Gasteiger partial charge >= 0.3 is 0 Å². The van der Waals surface area contributed by atoms with Crippen LogP contribution in [0.1, 0.15) is 0 Å². The van der Waals surface area contributed by atoms with Crippen LogP contribution in [0.3, 0.4) is 0 Å². The molecule has 0 radical (unpaired) electrons. The number of rotatable bonds is 6. The minimum atomic E-state index is 0.734. The van der Waals surface area contributed by atoms with Crippen LogP contribution in [0.25, 0.3) is 66.8 Å². The topological polar surface area (TPSA) is 35.5 Å². The molecule has 0 saturated carbocycles. The lowest BCUT2D eigenvalue weighted by molar-refractivity contribution is 0.484. The van der Waals surface area contributed by atoms with E-state index in [4.69, 9.17) is 13.6 Å². The number of furan rings is 2. The highest BCUT2D eigenvalue weighted by molar-refractivity contribution is 6.04. The summed E-state index contributed by atoms with van der Waals surface area (Å²) in [6, 6.07) is 53.2. The monoisotopic (exact) mass is 554 g/mol. The minimum Gasteiger partial charge on any atom is -0.457 e. The van der Waals surface area contributed by atoms with Crippen molar-refractivity contribution < 1.29 is 13.6 Å². The number of hydrogen-bond donors (Lipinski definition) is 0. The summed E-state index contributed by atoms with van der Waals surface area (Å²) in [5.41, 5.74) is 4.12. The Morgan fingerprint density at radius 1 is 0.302 bits per heavy atom. The molecule has 0 aliphatic rings. The van der Waals surface area contributed by atoms with Gasteiger partial charge in [-0.3, -0.25) is 0 Å². The van der Waals surface area contributed by atoms with E-state index in [1.807, 2.05) is 84.9 Å². The second kappa shape index (κ2) is 10.6. The van der Waals surface area contributed by atoms with Crippen LogP contribution >= 0.6 is 0 Å². The molecule has 0 atom stereocenters. The Morgan fingerprint density at radius 2 is 0.605 bits per heavy atom. The van der Waals surface area contributed by atoms with Gasteiger partial charge in [-0.15, -0.1) is 0 Å². The van der Waals surface area contributed by atoms with E-state index in [9.17, 15) is 0 Å². The van der Waals surface area contributed by atoms with Gasteiger partial charge in [0.15, 0.2) is 0 Å². The molecular weight excluding hydrogens is 528 g/mol. The minimum absolute atomic E-state index is 0.734. The van der Waals surface area contributed by atoms with Gasteiger partial charge in [0, 0.05) is 43.8 Å². The van der Waals surface area contributed by atoms with Crippen LogP contribution in [0.2, 0.25) is 0 Å². The Hall–Kier alpha value is -5.80. The molecule has 0 amide bonds. The Morgan fingerprint density at radius 3 is 0.930 bits per heavy atom. The van der Waals surface area contributed by atoms with Crippen molar-refractivity contribution in [2.45, 2.75) is 0 Å². The molecule has 2 aromatic heterocycles. The molecule has 3 nitrogen and oxygen atoms in total.